The van der Waals surface area contributed by atoms with Gasteiger partial charge < -0.3 is 14.2 Å². The highest BCUT2D eigenvalue weighted by Gasteiger charge is 2.48. The Kier molecular flexibility index (Phi) is 11.5. The summed E-state index contributed by atoms with van der Waals surface area (Å²) in [6, 6.07) is 35.7. The van der Waals surface area contributed by atoms with Crippen LogP contribution >= 0.6 is 0 Å². The highest BCUT2D eigenvalue weighted by Crippen LogP contribution is 2.54. The minimum absolute atomic E-state index is 0.0195. The first-order chi connectivity index (χ1) is 33.4. The molecule has 10 rings (SSSR count). The molecule has 3 nitrogen and oxygen atoms in total. The molecule has 0 N–H and O–H groups in total. The van der Waals surface area contributed by atoms with Crippen LogP contribution in [0.2, 0.25) is 0 Å². The highest BCUT2D eigenvalue weighted by molar-refractivity contribution is 6.99. The van der Waals surface area contributed by atoms with Crippen molar-refractivity contribution in [2.24, 2.45) is 10.8 Å². The second kappa shape index (κ2) is 16.5. The molecule has 0 bridgehead atoms. The Morgan fingerprint density at radius 1 is 0.597 bits per heavy atom. The molecule has 2 aliphatic heterocycles. The first kappa shape index (κ1) is 50.1. The van der Waals surface area contributed by atoms with Crippen molar-refractivity contribution in [3.8, 4) is 0 Å². The van der Waals surface area contributed by atoms with Crippen molar-refractivity contribution in [2.45, 2.75) is 177 Å². The van der Waals surface area contributed by atoms with E-state index < -0.39 is 0 Å². The molecule has 1 fully saturated rings. The van der Waals surface area contributed by atoms with Gasteiger partial charge in [-0.2, -0.15) is 0 Å². The minimum atomic E-state index is -0.102. The predicted molar refractivity (Wildman–Crippen MR) is 314 cm³/mol. The van der Waals surface area contributed by atoms with Crippen LogP contribution in [0.5, 0.6) is 0 Å². The second-order valence-electron chi connectivity index (χ2n) is 28.2. The van der Waals surface area contributed by atoms with Gasteiger partial charge in [0.05, 0.1) is 11.3 Å². The largest absolute Gasteiger partial charge is 0.468 e. The number of hydrogen-bond acceptors (Lipinski definition) is 3. The number of nitrogens with zero attached hydrogens (tertiary/aromatic N) is 2. The monoisotopic (exact) mass is 955 g/mol. The first-order valence-corrected chi connectivity index (χ1v) is 27.2. The molecular weight excluding hydrogens is 872 g/mol. The van der Waals surface area contributed by atoms with Crippen molar-refractivity contribution in [1.82, 2.24) is 0 Å². The third-order valence-electron chi connectivity index (χ3n) is 17.8. The van der Waals surface area contributed by atoms with Crippen LogP contribution in [0.1, 0.15) is 182 Å². The fourth-order valence-corrected chi connectivity index (χ4v) is 12.7. The lowest BCUT2D eigenvalue weighted by Crippen LogP contribution is -2.61. The Morgan fingerprint density at radius 3 is 1.79 bits per heavy atom. The van der Waals surface area contributed by atoms with E-state index in [1.165, 1.54) is 101 Å². The fraction of sp³-hybridized carbons (Fsp3) is 0.441. The zero-order valence-corrected chi connectivity index (χ0v) is 47.4. The van der Waals surface area contributed by atoms with Crippen LogP contribution in [-0.2, 0) is 27.1 Å². The normalized spacial score (nSPS) is 19.8. The van der Waals surface area contributed by atoms with E-state index in [1.54, 1.807) is 0 Å². The van der Waals surface area contributed by atoms with Crippen molar-refractivity contribution in [2.75, 3.05) is 16.3 Å². The third-order valence-corrected chi connectivity index (χ3v) is 17.8. The number of rotatable bonds is 5. The van der Waals surface area contributed by atoms with Crippen LogP contribution in [-0.4, -0.2) is 13.3 Å². The lowest BCUT2D eigenvalue weighted by atomic mass is 9.35. The fourth-order valence-electron chi connectivity index (χ4n) is 12.7. The molecule has 2 aliphatic carbocycles. The summed E-state index contributed by atoms with van der Waals surface area (Å²) < 4.78 is 7.42. The number of fused-ring (bicyclic) bond motifs is 7. The maximum absolute atomic E-state index is 7.42. The topological polar surface area (TPSA) is 19.6 Å². The number of hydrogen-bond donors (Lipinski definition) is 0. The third kappa shape index (κ3) is 8.36. The molecule has 3 heterocycles. The Hall–Kier alpha value is -5.48. The predicted octanol–water partition coefficient (Wildman–Crippen LogP) is 17.1. The van der Waals surface area contributed by atoms with Gasteiger partial charge in [-0.05, 0) is 180 Å². The van der Waals surface area contributed by atoms with Gasteiger partial charge in [0.25, 0.3) is 6.71 Å². The number of benzene rings is 5. The second-order valence-corrected chi connectivity index (χ2v) is 28.2. The van der Waals surface area contributed by atoms with Crippen LogP contribution in [0.3, 0.4) is 0 Å². The lowest BCUT2D eigenvalue weighted by molar-refractivity contribution is 0.259. The van der Waals surface area contributed by atoms with Crippen LogP contribution < -0.4 is 26.4 Å². The van der Waals surface area contributed by atoms with E-state index in [1.807, 2.05) is 0 Å². The maximum Gasteiger partial charge on any atom is 0.297 e. The zero-order valence-electron chi connectivity index (χ0n) is 47.4. The quantitative estimate of drug-likeness (QED) is 0.160. The van der Waals surface area contributed by atoms with Crippen LogP contribution in [0.4, 0.5) is 28.4 Å². The van der Waals surface area contributed by atoms with E-state index >= 15 is 0 Å². The van der Waals surface area contributed by atoms with Crippen LogP contribution in [0.25, 0.3) is 16.5 Å². The van der Waals surface area contributed by atoms with Gasteiger partial charge in [-0.25, -0.2) is 0 Å². The Labute approximate surface area is 435 Å². The van der Waals surface area contributed by atoms with Crippen molar-refractivity contribution in [1.29, 1.82) is 0 Å². The van der Waals surface area contributed by atoms with Crippen molar-refractivity contribution < 1.29 is 4.42 Å². The molecule has 374 valence electrons. The van der Waals surface area contributed by atoms with Crippen LogP contribution in [0, 0.1) is 17.8 Å². The summed E-state index contributed by atoms with van der Waals surface area (Å²) in [7, 11) is 0. The van der Waals surface area contributed by atoms with Crippen molar-refractivity contribution in [3.63, 3.8) is 0 Å². The molecule has 4 heteroatoms. The summed E-state index contributed by atoms with van der Waals surface area (Å²) in [5, 5.41) is 1.18. The number of aryl methyl sites for hydroxylation is 1. The Morgan fingerprint density at radius 2 is 1.15 bits per heavy atom. The van der Waals surface area contributed by atoms with Crippen molar-refractivity contribution >= 4 is 68.3 Å². The smallest absolute Gasteiger partial charge is 0.297 e. The number of allylic oxidation sites excluding steroid dienone is 4. The number of furan rings is 1. The molecule has 6 aromatic rings. The van der Waals surface area contributed by atoms with Crippen LogP contribution in [0.15, 0.2) is 125 Å². The summed E-state index contributed by atoms with van der Waals surface area (Å²) >= 11 is 0. The van der Waals surface area contributed by atoms with E-state index in [0.717, 1.165) is 42.6 Å². The molecule has 0 unspecified atom stereocenters. The van der Waals surface area contributed by atoms with Gasteiger partial charge in [-0.1, -0.05) is 185 Å². The molecule has 0 atom stereocenters. The van der Waals surface area contributed by atoms with Gasteiger partial charge >= 0.3 is 0 Å². The number of anilines is 5. The van der Waals surface area contributed by atoms with Gasteiger partial charge in [0.15, 0.2) is 0 Å². The molecular formula is C68H83BN2O. The average Bonchev–Trinajstić information content (AvgIpc) is 3.67. The highest BCUT2D eigenvalue weighted by atomic mass is 16.3. The summed E-state index contributed by atoms with van der Waals surface area (Å²) in [5.74, 6) is 0. The van der Waals surface area contributed by atoms with E-state index in [9.17, 15) is 0 Å². The summed E-state index contributed by atoms with van der Waals surface area (Å²) in [5.41, 5.74) is 24.1. The first-order valence-electron chi connectivity index (χ1n) is 27.2. The molecule has 4 aliphatic rings. The van der Waals surface area contributed by atoms with Gasteiger partial charge in [-0.3, -0.25) is 0 Å². The summed E-state index contributed by atoms with van der Waals surface area (Å²) in [6.07, 6.45) is 9.61. The molecule has 1 saturated carbocycles. The Balaban J connectivity index is 1.21. The van der Waals surface area contributed by atoms with E-state index in [0.29, 0.717) is 0 Å². The van der Waals surface area contributed by atoms with Gasteiger partial charge in [0, 0.05) is 34.7 Å². The maximum atomic E-state index is 7.42. The summed E-state index contributed by atoms with van der Waals surface area (Å²) in [6.45, 7) is 48.1. The molecule has 1 aromatic heterocycles. The minimum Gasteiger partial charge on any atom is -0.468 e. The molecule has 0 saturated heterocycles. The average molecular weight is 955 g/mol. The van der Waals surface area contributed by atoms with Gasteiger partial charge in [0.1, 0.15) is 5.58 Å². The van der Waals surface area contributed by atoms with E-state index in [-0.39, 0.29) is 44.6 Å². The molecule has 0 radical (unpaired) electrons. The van der Waals surface area contributed by atoms with E-state index in [4.69, 9.17) is 11.0 Å². The summed E-state index contributed by atoms with van der Waals surface area (Å²) in [4.78, 5) is 5.25. The SMILES string of the molecule is C=C(C=C1/C(=C\CN2c3ccc(C(C)(C)C)cc3B3c4oc5ccc(C(C)(C)C)cc5c4N(c4ccc5c(c4)C(C)(C)CCC5(C)C)c4cc(C)cc2c43)C(C)(C)CCC1(C)C)c1ccc(C(C)(C)C)cc1. The Bertz CT molecular complexity index is 3250. The van der Waals surface area contributed by atoms with Crippen molar-refractivity contribution in [3.05, 3.63) is 160 Å². The molecule has 72 heavy (non-hydrogen) atoms. The lowest BCUT2D eigenvalue weighted by Gasteiger charge is -2.46. The van der Waals surface area contributed by atoms with Gasteiger partial charge in [0.2, 0.25) is 0 Å². The zero-order chi connectivity index (χ0) is 52.0. The molecule has 0 spiro atoms. The van der Waals surface area contributed by atoms with Gasteiger partial charge in [-0.15, -0.1) is 0 Å². The van der Waals surface area contributed by atoms with E-state index in [2.05, 4.69) is 238 Å². The molecule has 5 aromatic carbocycles. The molecule has 0 amide bonds. The standard InChI is InChI=1S/C68H83BN2O/c1-42-36-56-59-57(37-42)71(48-26-27-50-53(41-48)68(18,19)34-31-65(50,12)13)60-49-39-46(63(6,7)8)25-29-58(49)72-61(60)69(59)54-40-47(64(9,10)11)24-28-55(54)70(56)35-30-51-52(67(16,17)33-32-66(51,14)15)38-43(2)44-20-22-45(23-21-44)62(3,4)5/h20-30,36-41H,2,31-35H2,1,3-19H3/b51-30+,52-38?.